The third-order valence-electron chi connectivity index (χ3n) is 11.8. The minimum Gasteiger partial charge on any atom is -0.480 e. The number of nitrogens with one attached hydrogen (secondary N) is 2. The van der Waals surface area contributed by atoms with E-state index in [2.05, 4.69) is 35.4 Å². The number of para-hydroxylation sites is 1. The van der Waals surface area contributed by atoms with Crippen LogP contribution in [-0.2, 0) is 25.6 Å². The van der Waals surface area contributed by atoms with Gasteiger partial charge in [-0.2, -0.15) is 0 Å². The molecule has 0 saturated heterocycles. The third-order valence-corrected chi connectivity index (χ3v) is 11.8. The van der Waals surface area contributed by atoms with E-state index < -0.39 is 23.5 Å². The standard InChI is InChI=1S/C34H43N3O6/c1-20(38)34(42)15-12-27-25-9-8-22-17-23(10-13-32(22,2)26(25)11-14-33(27,34)3)37-43-19-30(39)36-29(31(40)41)16-21-18-35-28-7-5-4-6-24(21)28/h4-7,17-18,25-27,29,35,42H,8-16,19H2,1-3H3,(H,36,39)(H,40,41)/b37-23-/t25-,26+,27+,29+,32-,33+,34+/m0/s1. The number of carboxylic acids is 1. The summed E-state index contributed by atoms with van der Waals surface area (Å²) in [6, 6.07) is 6.56. The predicted molar refractivity (Wildman–Crippen MR) is 162 cm³/mol. The highest BCUT2D eigenvalue weighted by molar-refractivity contribution is 5.96. The first-order chi connectivity index (χ1) is 20.5. The summed E-state index contributed by atoms with van der Waals surface area (Å²) in [7, 11) is 0. The van der Waals surface area contributed by atoms with Crippen molar-refractivity contribution in [1.29, 1.82) is 0 Å². The number of carbonyl (C=O) groups is 3. The Kier molecular flexibility index (Phi) is 7.51. The number of aromatic amines is 1. The van der Waals surface area contributed by atoms with Gasteiger partial charge >= 0.3 is 5.97 Å². The summed E-state index contributed by atoms with van der Waals surface area (Å²) in [6.07, 6.45) is 11.1. The highest BCUT2D eigenvalue weighted by Crippen LogP contribution is 2.67. The lowest BCUT2D eigenvalue weighted by molar-refractivity contribution is -0.159. The molecule has 9 nitrogen and oxygen atoms in total. The van der Waals surface area contributed by atoms with Gasteiger partial charge in [0, 0.05) is 28.9 Å². The Labute approximate surface area is 252 Å². The van der Waals surface area contributed by atoms with Crippen LogP contribution >= 0.6 is 0 Å². The number of hydrogen-bond donors (Lipinski definition) is 4. The van der Waals surface area contributed by atoms with E-state index in [1.807, 2.05) is 24.3 Å². The average Bonchev–Trinajstić information content (AvgIpc) is 3.51. The maximum atomic E-state index is 12.6. The molecular weight excluding hydrogens is 546 g/mol. The van der Waals surface area contributed by atoms with Gasteiger partial charge in [0.05, 0.1) is 5.71 Å². The van der Waals surface area contributed by atoms with Gasteiger partial charge < -0.3 is 25.4 Å². The number of hydrogen-bond acceptors (Lipinski definition) is 6. The van der Waals surface area contributed by atoms with Crippen molar-refractivity contribution in [3.8, 4) is 0 Å². The van der Waals surface area contributed by atoms with Crippen molar-refractivity contribution in [3.63, 3.8) is 0 Å². The number of aromatic nitrogens is 1. The lowest BCUT2D eigenvalue weighted by atomic mass is 9.46. The van der Waals surface area contributed by atoms with Crippen LogP contribution in [0, 0.1) is 28.6 Å². The molecule has 4 aliphatic rings. The van der Waals surface area contributed by atoms with Crippen LogP contribution in [0.25, 0.3) is 10.9 Å². The summed E-state index contributed by atoms with van der Waals surface area (Å²) in [5.74, 6) is -0.349. The van der Waals surface area contributed by atoms with Gasteiger partial charge in [-0.15, -0.1) is 0 Å². The number of oxime groups is 1. The number of ketones is 1. The molecule has 2 aromatic rings. The zero-order valence-corrected chi connectivity index (χ0v) is 25.3. The van der Waals surface area contributed by atoms with Crippen LogP contribution < -0.4 is 5.32 Å². The second-order valence-electron chi connectivity index (χ2n) is 13.8. The molecule has 1 aromatic heterocycles. The third kappa shape index (κ3) is 4.89. The van der Waals surface area contributed by atoms with Crippen molar-refractivity contribution >= 4 is 34.3 Å². The van der Waals surface area contributed by atoms with Crippen LogP contribution in [0.2, 0.25) is 0 Å². The Bertz CT molecular complexity index is 1510. The Morgan fingerprint density at radius 2 is 1.86 bits per heavy atom. The maximum Gasteiger partial charge on any atom is 0.326 e. The van der Waals surface area contributed by atoms with Crippen LogP contribution in [0.15, 0.2) is 47.3 Å². The topological polar surface area (TPSA) is 141 Å². The van der Waals surface area contributed by atoms with Crippen molar-refractivity contribution in [3.05, 3.63) is 47.7 Å². The van der Waals surface area contributed by atoms with Gasteiger partial charge in [-0.1, -0.05) is 42.8 Å². The summed E-state index contributed by atoms with van der Waals surface area (Å²) in [6.45, 7) is 5.71. The Balaban J connectivity index is 1.07. The lowest BCUT2D eigenvalue weighted by Gasteiger charge is -2.59. The Hall–Kier alpha value is -3.46. The Morgan fingerprint density at radius 3 is 2.63 bits per heavy atom. The minimum atomic E-state index is -1.20. The number of allylic oxidation sites excluding steroid dienone is 2. The number of rotatable bonds is 8. The van der Waals surface area contributed by atoms with E-state index in [-0.39, 0.29) is 29.6 Å². The normalized spacial score (nSPS) is 34.9. The molecule has 0 radical (unpaired) electrons. The van der Waals surface area contributed by atoms with E-state index >= 15 is 0 Å². The van der Waals surface area contributed by atoms with Gasteiger partial charge in [-0.25, -0.2) is 4.79 Å². The first kappa shape index (κ1) is 29.6. The molecule has 43 heavy (non-hydrogen) atoms. The molecule has 3 saturated carbocycles. The zero-order valence-electron chi connectivity index (χ0n) is 25.3. The van der Waals surface area contributed by atoms with E-state index in [9.17, 15) is 24.6 Å². The number of carboxylic acid groups (broad SMARTS) is 1. The van der Waals surface area contributed by atoms with Crippen LogP contribution in [-0.4, -0.2) is 56.8 Å². The van der Waals surface area contributed by atoms with Crippen molar-refractivity contribution in [2.75, 3.05) is 6.61 Å². The molecule has 230 valence electrons. The number of amides is 1. The van der Waals surface area contributed by atoms with Crippen LogP contribution in [0.3, 0.4) is 0 Å². The van der Waals surface area contributed by atoms with Gasteiger partial charge in [0.2, 0.25) is 0 Å². The number of nitrogens with zero attached hydrogens (tertiary/aromatic N) is 1. The van der Waals surface area contributed by atoms with Crippen molar-refractivity contribution in [2.45, 2.75) is 90.2 Å². The van der Waals surface area contributed by atoms with Crippen LogP contribution in [0.1, 0.15) is 77.7 Å². The predicted octanol–water partition coefficient (Wildman–Crippen LogP) is 4.94. The summed E-state index contributed by atoms with van der Waals surface area (Å²) in [4.78, 5) is 45.6. The average molecular weight is 590 g/mol. The van der Waals surface area contributed by atoms with Gasteiger partial charge in [0.25, 0.3) is 5.91 Å². The molecule has 0 unspecified atom stereocenters. The molecule has 4 aliphatic carbocycles. The quantitative estimate of drug-likeness (QED) is 0.322. The number of fused-ring (bicyclic) bond motifs is 6. The summed E-state index contributed by atoms with van der Waals surface area (Å²) in [5.41, 5.74) is 2.42. The molecule has 6 rings (SSSR count). The van der Waals surface area contributed by atoms with Gasteiger partial charge in [-0.3, -0.25) is 9.59 Å². The van der Waals surface area contributed by atoms with E-state index in [1.54, 1.807) is 13.1 Å². The molecule has 9 heteroatoms. The van der Waals surface area contributed by atoms with Crippen LogP contribution in [0.4, 0.5) is 0 Å². The number of carbonyl (C=O) groups excluding carboxylic acids is 2. The van der Waals surface area contributed by atoms with Gasteiger partial charge in [0.1, 0.15) is 11.6 Å². The smallest absolute Gasteiger partial charge is 0.326 e. The molecule has 4 N–H and O–H groups in total. The molecule has 0 bridgehead atoms. The highest BCUT2D eigenvalue weighted by atomic mass is 16.6. The van der Waals surface area contributed by atoms with E-state index in [4.69, 9.17) is 4.84 Å². The Morgan fingerprint density at radius 1 is 1.09 bits per heavy atom. The SMILES string of the molecule is CC(=O)[C@]1(O)CC[C@@H]2[C@H]3CCC4=C/C(=N\OCC(=O)N[C@H](Cc5c[nH]c6ccccc56)C(=O)O)CC[C@]4(C)[C@@H]3CC[C@]21C. The molecule has 7 atom stereocenters. The molecular formula is C34H43N3O6. The van der Waals surface area contributed by atoms with Crippen molar-refractivity contribution in [2.24, 2.45) is 33.7 Å². The summed E-state index contributed by atoms with van der Waals surface area (Å²) in [5, 5.41) is 28.9. The first-order valence-corrected chi connectivity index (χ1v) is 15.7. The molecule has 0 spiro atoms. The fraction of sp³-hybridized carbons (Fsp3) is 0.588. The number of aliphatic hydroxyl groups is 1. The maximum absolute atomic E-state index is 12.6. The molecule has 1 aromatic carbocycles. The van der Waals surface area contributed by atoms with Crippen molar-refractivity contribution < 1.29 is 29.4 Å². The van der Waals surface area contributed by atoms with E-state index in [0.29, 0.717) is 24.2 Å². The fourth-order valence-electron chi connectivity index (χ4n) is 9.37. The van der Waals surface area contributed by atoms with Gasteiger partial charge in [0.15, 0.2) is 12.4 Å². The second-order valence-corrected chi connectivity index (χ2v) is 13.8. The largest absolute Gasteiger partial charge is 0.480 e. The van der Waals surface area contributed by atoms with Crippen molar-refractivity contribution in [1.82, 2.24) is 10.3 Å². The minimum absolute atomic E-state index is 0.0503. The lowest BCUT2D eigenvalue weighted by Crippen LogP contribution is -2.57. The summed E-state index contributed by atoms with van der Waals surface area (Å²) >= 11 is 0. The molecule has 1 amide bonds. The number of benzene rings is 1. The fourth-order valence-corrected chi connectivity index (χ4v) is 9.37. The monoisotopic (exact) mass is 589 g/mol. The first-order valence-electron chi connectivity index (χ1n) is 15.7. The molecule has 1 heterocycles. The molecule has 0 aliphatic heterocycles. The second kappa shape index (κ2) is 10.9. The van der Waals surface area contributed by atoms with E-state index in [0.717, 1.165) is 67.1 Å². The van der Waals surface area contributed by atoms with E-state index in [1.165, 1.54) is 5.57 Å². The van der Waals surface area contributed by atoms with Gasteiger partial charge in [-0.05, 0) is 99.2 Å². The summed E-state index contributed by atoms with van der Waals surface area (Å²) < 4.78 is 0. The van der Waals surface area contributed by atoms with Crippen LogP contribution in [0.5, 0.6) is 0 Å². The number of aliphatic carboxylic acids is 1. The zero-order chi connectivity index (χ0) is 30.6. The number of Topliss-reactive ketones (excluding diaryl/α,β-unsaturated/α-hetero) is 1. The number of H-pyrrole nitrogens is 1. The molecule has 3 fully saturated rings. The highest BCUT2D eigenvalue weighted by Gasteiger charge is 2.65.